The number of fused-ring (bicyclic) bond motifs is 2. The summed E-state index contributed by atoms with van der Waals surface area (Å²) >= 11 is 0. The summed E-state index contributed by atoms with van der Waals surface area (Å²) in [5.41, 5.74) is 0. The SMILES string of the molecule is CN(C)C[C@@H]1[C@H](CN(C)C)[C@@H]2C=C[C@H]1C2. The second-order valence-electron chi connectivity index (χ2n) is 5.80. The van der Waals surface area contributed by atoms with Crippen molar-refractivity contribution in [1.29, 1.82) is 0 Å². The number of rotatable bonds is 4. The fourth-order valence-corrected chi connectivity index (χ4v) is 3.41. The van der Waals surface area contributed by atoms with Crippen molar-refractivity contribution in [1.82, 2.24) is 9.80 Å². The summed E-state index contributed by atoms with van der Waals surface area (Å²) < 4.78 is 0. The van der Waals surface area contributed by atoms with Gasteiger partial charge < -0.3 is 9.80 Å². The van der Waals surface area contributed by atoms with Crippen molar-refractivity contribution in [3.63, 3.8) is 0 Å². The molecule has 0 saturated heterocycles. The average Bonchev–Trinajstić information content (AvgIpc) is 2.67. The summed E-state index contributed by atoms with van der Waals surface area (Å²) in [4.78, 5) is 4.70. The first-order valence-corrected chi connectivity index (χ1v) is 6.05. The van der Waals surface area contributed by atoms with Crippen LogP contribution in [-0.4, -0.2) is 51.1 Å². The van der Waals surface area contributed by atoms with Crippen LogP contribution in [-0.2, 0) is 0 Å². The van der Waals surface area contributed by atoms with Crippen LogP contribution in [0, 0.1) is 23.7 Å². The highest BCUT2D eigenvalue weighted by atomic mass is 15.1. The number of allylic oxidation sites excluding steroid dienone is 2. The quantitative estimate of drug-likeness (QED) is 0.647. The summed E-state index contributed by atoms with van der Waals surface area (Å²) in [6.07, 6.45) is 6.34. The lowest BCUT2D eigenvalue weighted by molar-refractivity contribution is 0.190. The molecule has 2 heteroatoms. The van der Waals surface area contributed by atoms with Crippen molar-refractivity contribution < 1.29 is 0 Å². The number of hydrogen-bond donors (Lipinski definition) is 0. The van der Waals surface area contributed by atoms with Gasteiger partial charge in [0.05, 0.1) is 0 Å². The molecule has 0 aromatic rings. The van der Waals surface area contributed by atoms with Crippen LogP contribution in [0.2, 0.25) is 0 Å². The highest BCUT2D eigenvalue weighted by Crippen LogP contribution is 2.48. The van der Waals surface area contributed by atoms with Crippen molar-refractivity contribution >= 4 is 0 Å². The lowest BCUT2D eigenvalue weighted by atomic mass is 9.82. The molecule has 1 saturated carbocycles. The van der Waals surface area contributed by atoms with Gasteiger partial charge in [0, 0.05) is 13.1 Å². The van der Waals surface area contributed by atoms with Gasteiger partial charge in [0.2, 0.25) is 0 Å². The highest BCUT2D eigenvalue weighted by Gasteiger charge is 2.44. The van der Waals surface area contributed by atoms with E-state index in [2.05, 4.69) is 50.1 Å². The van der Waals surface area contributed by atoms with Gasteiger partial charge in [-0.2, -0.15) is 0 Å². The molecular formula is C13H24N2. The minimum Gasteiger partial charge on any atom is -0.309 e. The summed E-state index contributed by atoms with van der Waals surface area (Å²) in [5, 5.41) is 0. The monoisotopic (exact) mass is 208 g/mol. The van der Waals surface area contributed by atoms with E-state index in [0.29, 0.717) is 0 Å². The maximum absolute atomic E-state index is 2.46. The Morgan fingerprint density at radius 2 is 1.27 bits per heavy atom. The Morgan fingerprint density at radius 1 is 0.867 bits per heavy atom. The molecule has 2 nitrogen and oxygen atoms in total. The van der Waals surface area contributed by atoms with E-state index in [4.69, 9.17) is 0 Å². The normalized spacial score (nSPS) is 38.5. The first-order chi connectivity index (χ1) is 7.08. The molecule has 2 aliphatic carbocycles. The van der Waals surface area contributed by atoms with Crippen LogP contribution in [0.1, 0.15) is 6.42 Å². The minimum absolute atomic E-state index is 0.863. The van der Waals surface area contributed by atoms with E-state index in [-0.39, 0.29) is 0 Å². The molecule has 1 fully saturated rings. The number of hydrogen-bond acceptors (Lipinski definition) is 2. The molecule has 0 aliphatic heterocycles. The lowest BCUT2D eigenvalue weighted by Crippen LogP contribution is -2.35. The molecule has 0 radical (unpaired) electrons. The molecule has 0 aromatic carbocycles. The van der Waals surface area contributed by atoms with Gasteiger partial charge in [-0.25, -0.2) is 0 Å². The second kappa shape index (κ2) is 4.26. The van der Waals surface area contributed by atoms with Crippen LogP contribution in [0.5, 0.6) is 0 Å². The van der Waals surface area contributed by atoms with Crippen molar-refractivity contribution in [3.8, 4) is 0 Å². The molecule has 2 bridgehead atoms. The van der Waals surface area contributed by atoms with Crippen molar-refractivity contribution in [2.75, 3.05) is 41.3 Å². The van der Waals surface area contributed by atoms with Crippen LogP contribution in [0.15, 0.2) is 12.2 Å². The van der Waals surface area contributed by atoms with E-state index < -0.39 is 0 Å². The van der Waals surface area contributed by atoms with Crippen LogP contribution >= 0.6 is 0 Å². The van der Waals surface area contributed by atoms with Crippen molar-refractivity contribution in [2.24, 2.45) is 23.7 Å². The molecule has 0 heterocycles. The Kier molecular flexibility index (Phi) is 3.17. The Balaban J connectivity index is 2.03. The molecular weight excluding hydrogens is 184 g/mol. The van der Waals surface area contributed by atoms with Gasteiger partial charge in [0.15, 0.2) is 0 Å². The van der Waals surface area contributed by atoms with E-state index in [1.807, 2.05) is 0 Å². The minimum atomic E-state index is 0.863. The third kappa shape index (κ3) is 2.26. The standard InChI is InChI=1S/C13H24N2/c1-14(2)8-12-10-5-6-11(7-10)13(12)9-15(3)4/h5-6,10-13H,7-9H2,1-4H3/t10-,11+,12-,13+. The first-order valence-electron chi connectivity index (χ1n) is 6.05. The van der Waals surface area contributed by atoms with Gasteiger partial charge in [-0.15, -0.1) is 0 Å². The smallest absolute Gasteiger partial charge is 0.00125 e. The second-order valence-corrected chi connectivity index (χ2v) is 5.80. The molecule has 0 amide bonds. The lowest BCUT2D eigenvalue weighted by Gasteiger charge is -2.32. The number of nitrogens with zero attached hydrogens (tertiary/aromatic N) is 2. The fraction of sp³-hybridized carbons (Fsp3) is 0.846. The maximum Gasteiger partial charge on any atom is 0.00125 e. The zero-order valence-electron chi connectivity index (χ0n) is 10.5. The van der Waals surface area contributed by atoms with E-state index in [1.165, 1.54) is 19.5 Å². The van der Waals surface area contributed by atoms with Crippen LogP contribution < -0.4 is 0 Å². The summed E-state index contributed by atoms with van der Waals surface area (Å²) in [6, 6.07) is 0. The Morgan fingerprint density at radius 3 is 1.60 bits per heavy atom. The third-order valence-corrected chi connectivity index (χ3v) is 3.95. The molecule has 4 atom stereocenters. The zero-order valence-corrected chi connectivity index (χ0v) is 10.5. The molecule has 0 aromatic heterocycles. The van der Waals surface area contributed by atoms with E-state index in [9.17, 15) is 0 Å². The molecule has 2 rings (SSSR count). The van der Waals surface area contributed by atoms with Gasteiger partial charge in [0.25, 0.3) is 0 Å². The van der Waals surface area contributed by atoms with Gasteiger partial charge in [-0.1, -0.05) is 12.2 Å². The molecule has 86 valence electrons. The molecule has 0 unspecified atom stereocenters. The predicted octanol–water partition coefficient (Wildman–Crippen LogP) is 1.55. The van der Waals surface area contributed by atoms with Crippen LogP contribution in [0.4, 0.5) is 0 Å². The zero-order chi connectivity index (χ0) is 11.0. The molecule has 0 spiro atoms. The van der Waals surface area contributed by atoms with Gasteiger partial charge in [-0.3, -0.25) is 0 Å². The van der Waals surface area contributed by atoms with E-state index in [0.717, 1.165) is 23.7 Å². The third-order valence-electron chi connectivity index (χ3n) is 3.95. The largest absolute Gasteiger partial charge is 0.309 e. The topological polar surface area (TPSA) is 6.48 Å². The molecule has 0 N–H and O–H groups in total. The molecule has 2 aliphatic rings. The van der Waals surface area contributed by atoms with Gasteiger partial charge in [-0.05, 0) is 58.3 Å². The van der Waals surface area contributed by atoms with Gasteiger partial charge in [0.1, 0.15) is 0 Å². The van der Waals surface area contributed by atoms with Crippen LogP contribution in [0.3, 0.4) is 0 Å². The average molecular weight is 208 g/mol. The Labute approximate surface area is 93.9 Å². The van der Waals surface area contributed by atoms with Crippen molar-refractivity contribution in [3.05, 3.63) is 12.2 Å². The Hall–Kier alpha value is -0.340. The highest BCUT2D eigenvalue weighted by molar-refractivity contribution is 5.14. The van der Waals surface area contributed by atoms with Crippen LogP contribution in [0.25, 0.3) is 0 Å². The summed E-state index contributed by atoms with van der Waals surface area (Å²) in [5.74, 6) is 3.50. The van der Waals surface area contributed by atoms with Gasteiger partial charge >= 0.3 is 0 Å². The van der Waals surface area contributed by atoms with Crippen molar-refractivity contribution in [2.45, 2.75) is 6.42 Å². The summed E-state index contributed by atoms with van der Waals surface area (Å²) in [7, 11) is 8.79. The van der Waals surface area contributed by atoms with E-state index in [1.54, 1.807) is 0 Å². The Bertz CT molecular complexity index is 221. The maximum atomic E-state index is 2.46. The fourth-order valence-electron chi connectivity index (χ4n) is 3.41. The summed E-state index contributed by atoms with van der Waals surface area (Å²) in [6.45, 7) is 2.51. The first kappa shape index (κ1) is 11.2. The van der Waals surface area contributed by atoms with E-state index >= 15 is 0 Å². The predicted molar refractivity (Wildman–Crippen MR) is 64.8 cm³/mol. The molecule has 15 heavy (non-hydrogen) atoms.